The number of halogens is 3. The minimum absolute atomic E-state index is 0. The Hall–Kier alpha value is -0.380. The third kappa shape index (κ3) is 2.80. The van der Waals surface area contributed by atoms with E-state index < -0.39 is 0 Å². The quantitative estimate of drug-likeness (QED) is 0.761. The minimum Gasteiger partial charge on any atom is -0.310 e. The molecule has 1 N–H and O–H groups in total. The molecule has 0 saturated carbocycles. The zero-order chi connectivity index (χ0) is 8.39. The van der Waals surface area contributed by atoms with Crippen LogP contribution in [0.1, 0.15) is 24.4 Å². The van der Waals surface area contributed by atoms with E-state index in [2.05, 4.69) is 10.3 Å². The largest absolute Gasteiger partial charge is 0.310 e. The summed E-state index contributed by atoms with van der Waals surface area (Å²) in [5, 5.41) is 3.23. The van der Waals surface area contributed by atoms with Gasteiger partial charge in [-0.15, -0.1) is 24.8 Å². The number of pyridine rings is 1. The van der Waals surface area contributed by atoms with Gasteiger partial charge in [0.25, 0.3) is 0 Å². The van der Waals surface area contributed by atoms with Crippen molar-refractivity contribution >= 4 is 24.8 Å². The number of hydrogen-bond donors (Lipinski definition) is 1. The van der Waals surface area contributed by atoms with Gasteiger partial charge in [-0.1, -0.05) is 6.07 Å². The van der Waals surface area contributed by atoms with Crippen LogP contribution in [0, 0.1) is 5.95 Å². The number of rotatable bonds is 1. The highest BCUT2D eigenvalue weighted by atomic mass is 35.5. The van der Waals surface area contributed by atoms with Gasteiger partial charge in [-0.05, 0) is 25.5 Å². The summed E-state index contributed by atoms with van der Waals surface area (Å²) in [6, 6.07) is 3.75. The zero-order valence-electron chi connectivity index (χ0n) is 7.57. The Morgan fingerprint density at radius 2 is 2.21 bits per heavy atom. The van der Waals surface area contributed by atoms with Crippen LogP contribution < -0.4 is 5.32 Å². The second kappa shape index (κ2) is 6.17. The van der Waals surface area contributed by atoms with Gasteiger partial charge in [-0.2, -0.15) is 4.39 Å². The maximum absolute atomic E-state index is 13.1. The Morgan fingerprint density at radius 1 is 1.43 bits per heavy atom. The molecule has 1 saturated heterocycles. The Kier molecular flexibility index (Phi) is 6.00. The Balaban J connectivity index is 0.000000845. The highest BCUT2D eigenvalue weighted by Gasteiger charge is 2.19. The van der Waals surface area contributed by atoms with E-state index >= 15 is 0 Å². The highest BCUT2D eigenvalue weighted by molar-refractivity contribution is 5.85. The molecule has 0 aliphatic carbocycles. The standard InChI is InChI=1S/C9H11FN2.2ClH/c10-9-7(3-1-6-12-9)8-4-2-5-11-8;;/h1,3,6,8,11H,2,4-5H2;2*1H. The van der Waals surface area contributed by atoms with Gasteiger partial charge in [-0.25, -0.2) is 4.98 Å². The van der Waals surface area contributed by atoms with Crippen LogP contribution in [-0.4, -0.2) is 11.5 Å². The maximum atomic E-state index is 13.1. The monoisotopic (exact) mass is 238 g/mol. The second-order valence-corrected chi connectivity index (χ2v) is 3.03. The summed E-state index contributed by atoms with van der Waals surface area (Å²) >= 11 is 0. The average Bonchev–Trinajstić information content (AvgIpc) is 2.57. The first-order valence-electron chi connectivity index (χ1n) is 4.22. The summed E-state index contributed by atoms with van der Waals surface area (Å²) in [7, 11) is 0. The molecule has 1 aliphatic heterocycles. The van der Waals surface area contributed by atoms with Gasteiger partial charge >= 0.3 is 0 Å². The van der Waals surface area contributed by atoms with Crippen molar-refractivity contribution in [2.24, 2.45) is 0 Å². The topological polar surface area (TPSA) is 24.9 Å². The number of aromatic nitrogens is 1. The normalized spacial score (nSPS) is 19.6. The van der Waals surface area contributed by atoms with Crippen molar-refractivity contribution in [2.45, 2.75) is 18.9 Å². The predicted octanol–water partition coefficient (Wildman–Crippen LogP) is 2.49. The van der Waals surface area contributed by atoms with Gasteiger partial charge in [0.05, 0.1) is 0 Å². The molecule has 0 aromatic carbocycles. The van der Waals surface area contributed by atoms with Gasteiger partial charge in [0.1, 0.15) is 0 Å². The van der Waals surface area contributed by atoms with E-state index in [0.717, 1.165) is 19.4 Å². The molecule has 14 heavy (non-hydrogen) atoms. The lowest BCUT2D eigenvalue weighted by Gasteiger charge is -2.09. The molecule has 2 rings (SSSR count). The minimum atomic E-state index is -0.336. The molecule has 1 atom stereocenters. The van der Waals surface area contributed by atoms with Crippen LogP contribution in [0.5, 0.6) is 0 Å². The first-order valence-corrected chi connectivity index (χ1v) is 4.22. The molecule has 1 unspecified atom stereocenters. The predicted molar refractivity (Wildman–Crippen MR) is 58.7 cm³/mol. The smallest absolute Gasteiger partial charge is 0.217 e. The number of nitrogens with zero attached hydrogens (tertiary/aromatic N) is 1. The molecule has 80 valence electrons. The summed E-state index contributed by atoms with van der Waals surface area (Å²) in [6.45, 7) is 0.985. The maximum Gasteiger partial charge on any atom is 0.217 e. The van der Waals surface area contributed by atoms with Crippen molar-refractivity contribution in [1.29, 1.82) is 0 Å². The second-order valence-electron chi connectivity index (χ2n) is 3.03. The van der Waals surface area contributed by atoms with Crippen LogP contribution in [0.4, 0.5) is 4.39 Å². The lowest BCUT2D eigenvalue weighted by Crippen LogP contribution is -2.14. The van der Waals surface area contributed by atoms with Crippen LogP contribution in [0.2, 0.25) is 0 Å². The first kappa shape index (κ1) is 13.6. The summed E-state index contributed by atoms with van der Waals surface area (Å²) in [5.41, 5.74) is 0.704. The summed E-state index contributed by atoms with van der Waals surface area (Å²) in [4.78, 5) is 3.62. The number of nitrogens with one attached hydrogen (secondary N) is 1. The van der Waals surface area contributed by atoms with Crippen LogP contribution >= 0.6 is 24.8 Å². The third-order valence-electron chi connectivity index (χ3n) is 2.22. The highest BCUT2D eigenvalue weighted by Crippen LogP contribution is 2.23. The molecule has 1 aromatic heterocycles. The molecule has 0 radical (unpaired) electrons. The van der Waals surface area contributed by atoms with Crippen LogP contribution in [-0.2, 0) is 0 Å². The van der Waals surface area contributed by atoms with Crippen LogP contribution in [0.25, 0.3) is 0 Å². The fourth-order valence-electron chi connectivity index (χ4n) is 1.61. The Labute approximate surface area is 95.1 Å². The lowest BCUT2D eigenvalue weighted by molar-refractivity contribution is 0.528. The molecular weight excluding hydrogens is 226 g/mol. The van der Waals surface area contributed by atoms with Crippen molar-refractivity contribution in [2.75, 3.05) is 6.54 Å². The van der Waals surface area contributed by atoms with Crippen molar-refractivity contribution in [1.82, 2.24) is 10.3 Å². The SMILES string of the molecule is Cl.Cl.Fc1ncccc1C1CCCN1. The fraction of sp³-hybridized carbons (Fsp3) is 0.444. The zero-order valence-corrected chi connectivity index (χ0v) is 9.21. The lowest BCUT2D eigenvalue weighted by atomic mass is 10.1. The molecule has 0 bridgehead atoms. The first-order chi connectivity index (χ1) is 5.88. The fourth-order valence-corrected chi connectivity index (χ4v) is 1.61. The van der Waals surface area contributed by atoms with Crippen molar-refractivity contribution in [3.05, 3.63) is 29.8 Å². The molecular formula is C9H13Cl2FN2. The third-order valence-corrected chi connectivity index (χ3v) is 2.22. The van der Waals surface area contributed by atoms with E-state index in [4.69, 9.17) is 0 Å². The van der Waals surface area contributed by atoms with Gasteiger partial charge in [-0.3, -0.25) is 0 Å². The van der Waals surface area contributed by atoms with E-state index in [1.165, 1.54) is 6.20 Å². The summed E-state index contributed by atoms with van der Waals surface area (Å²) < 4.78 is 13.1. The van der Waals surface area contributed by atoms with Crippen LogP contribution in [0.15, 0.2) is 18.3 Å². The van der Waals surface area contributed by atoms with E-state index in [0.29, 0.717) is 5.56 Å². The van der Waals surface area contributed by atoms with Crippen molar-refractivity contribution in [3.63, 3.8) is 0 Å². The number of hydrogen-bond acceptors (Lipinski definition) is 2. The van der Waals surface area contributed by atoms with Gasteiger partial charge in [0.15, 0.2) is 0 Å². The molecule has 0 amide bonds. The van der Waals surface area contributed by atoms with E-state index in [1.54, 1.807) is 12.1 Å². The molecule has 2 nitrogen and oxygen atoms in total. The Morgan fingerprint density at radius 3 is 2.79 bits per heavy atom. The van der Waals surface area contributed by atoms with Gasteiger partial charge in [0.2, 0.25) is 5.95 Å². The van der Waals surface area contributed by atoms with E-state index in [1.807, 2.05) is 0 Å². The van der Waals surface area contributed by atoms with Gasteiger partial charge < -0.3 is 5.32 Å². The molecule has 2 heterocycles. The summed E-state index contributed by atoms with van der Waals surface area (Å²) in [6.07, 6.45) is 3.62. The molecule has 1 aromatic rings. The van der Waals surface area contributed by atoms with E-state index in [9.17, 15) is 4.39 Å². The Bertz CT molecular complexity index is 277. The van der Waals surface area contributed by atoms with Crippen molar-refractivity contribution < 1.29 is 4.39 Å². The van der Waals surface area contributed by atoms with Crippen molar-refractivity contribution in [3.8, 4) is 0 Å². The van der Waals surface area contributed by atoms with Gasteiger partial charge in [0, 0.05) is 17.8 Å². The average molecular weight is 239 g/mol. The molecule has 1 fully saturated rings. The molecule has 5 heteroatoms. The van der Waals surface area contributed by atoms with E-state index in [-0.39, 0.29) is 36.8 Å². The molecule has 1 aliphatic rings. The summed E-state index contributed by atoms with van der Waals surface area (Å²) in [5.74, 6) is -0.336. The van der Waals surface area contributed by atoms with Crippen LogP contribution in [0.3, 0.4) is 0 Å². The molecule has 0 spiro atoms.